The summed E-state index contributed by atoms with van der Waals surface area (Å²) in [5.41, 5.74) is 0.0355. The van der Waals surface area contributed by atoms with Gasteiger partial charge in [-0.2, -0.15) is 0 Å². The first-order chi connectivity index (χ1) is 10.1. The Bertz CT molecular complexity index is 521. The topological polar surface area (TPSA) is 94.6 Å². The first-order valence-corrected chi connectivity index (χ1v) is 6.98. The number of carboxylic acids is 1. The summed E-state index contributed by atoms with van der Waals surface area (Å²) in [4.78, 5) is 28.8. The standard InChI is InChI=1S/C14H20N4O3/c1-18-7-3-4-10(9-18)8-16-14(21)17-11-5-2-6-15-12(11)13(19)20/h2,5-6,10H,3-4,7-9H2,1H3,(H,19,20)(H2,16,17,21). The number of nitrogens with zero attached hydrogens (tertiary/aromatic N) is 2. The van der Waals surface area contributed by atoms with Crippen LogP contribution in [0, 0.1) is 5.92 Å². The third-order valence-electron chi connectivity index (χ3n) is 3.53. The largest absolute Gasteiger partial charge is 0.476 e. The zero-order chi connectivity index (χ0) is 15.2. The van der Waals surface area contributed by atoms with Crippen LogP contribution in [-0.2, 0) is 0 Å². The second kappa shape index (κ2) is 7.03. The van der Waals surface area contributed by atoms with Crippen LogP contribution in [0.15, 0.2) is 18.3 Å². The van der Waals surface area contributed by atoms with Crippen molar-refractivity contribution < 1.29 is 14.7 Å². The third-order valence-corrected chi connectivity index (χ3v) is 3.53. The van der Waals surface area contributed by atoms with E-state index in [-0.39, 0.29) is 11.4 Å². The van der Waals surface area contributed by atoms with E-state index >= 15 is 0 Å². The van der Waals surface area contributed by atoms with Crippen molar-refractivity contribution in [1.29, 1.82) is 0 Å². The number of hydrogen-bond acceptors (Lipinski definition) is 4. The van der Waals surface area contributed by atoms with Gasteiger partial charge >= 0.3 is 12.0 Å². The van der Waals surface area contributed by atoms with Crippen molar-refractivity contribution in [2.45, 2.75) is 12.8 Å². The maximum atomic E-state index is 11.9. The number of likely N-dealkylation sites (tertiary alicyclic amines) is 1. The number of aromatic nitrogens is 1. The van der Waals surface area contributed by atoms with E-state index in [2.05, 4.69) is 27.6 Å². The van der Waals surface area contributed by atoms with E-state index in [9.17, 15) is 9.59 Å². The van der Waals surface area contributed by atoms with E-state index in [4.69, 9.17) is 5.11 Å². The van der Waals surface area contributed by atoms with Crippen LogP contribution < -0.4 is 10.6 Å². The highest BCUT2D eigenvalue weighted by Gasteiger charge is 2.18. The van der Waals surface area contributed by atoms with Gasteiger partial charge < -0.3 is 20.6 Å². The fourth-order valence-electron chi connectivity index (χ4n) is 2.52. The molecule has 2 heterocycles. The van der Waals surface area contributed by atoms with Gasteiger partial charge in [0.25, 0.3) is 0 Å². The molecule has 1 unspecified atom stereocenters. The number of amides is 2. The third kappa shape index (κ3) is 4.42. The van der Waals surface area contributed by atoms with E-state index in [1.54, 1.807) is 6.07 Å². The van der Waals surface area contributed by atoms with Gasteiger partial charge in [-0.15, -0.1) is 0 Å². The molecule has 1 aliphatic rings. The number of pyridine rings is 1. The average molecular weight is 292 g/mol. The van der Waals surface area contributed by atoms with Crippen molar-refractivity contribution in [3.8, 4) is 0 Å². The van der Waals surface area contributed by atoms with Crippen molar-refractivity contribution in [2.75, 3.05) is 32.0 Å². The lowest BCUT2D eigenvalue weighted by atomic mass is 9.99. The summed E-state index contributed by atoms with van der Waals surface area (Å²) in [5.74, 6) is -0.734. The molecule has 114 valence electrons. The summed E-state index contributed by atoms with van der Waals surface area (Å²) < 4.78 is 0. The monoisotopic (exact) mass is 292 g/mol. The van der Waals surface area contributed by atoms with Crippen molar-refractivity contribution >= 4 is 17.7 Å². The summed E-state index contributed by atoms with van der Waals surface area (Å²) in [6, 6.07) is 2.70. The number of urea groups is 1. The molecule has 2 amide bonds. The molecule has 7 nitrogen and oxygen atoms in total. The molecule has 0 bridgehead atoms. The maximum absolute atomic E-state index is 11.9. The molecule has 0 aromatic carbocycles. The average Bonchev–Trinajstić information content (AvgIpc) is 2.45. The minimum Gasteiger partial charge on any atom is -0.476 e. The zero-order valence-corrected chi connectivity index (χ0v) is 12.0. The van der Waals surface area contributed by atoms with Crippen LogP contribution in [0.5, 0.6) is 0 Å². The van der Waals surface area contributed by atoms with E-state index < -0.39 is 12.0 Å². The quantitative estimate of drug-likeness (QED) is 0.776. The molecule has 1 aromatic rings. The molecule has 0 spiro atoms. The first-order valence-electron chi connectivity index (χ1n) is 6.98. The highest BCUT2D eigenvalue weighted by molar-refractivity contribution is 5.98. The van der Waals surface area contributed by atoms with E-state index in [0.29, 0.717) is 12.5 Å². The van der Waals surface area contributed by atoms with Crippen molar-refractivity contribution in [3.05, 3.63) is 24.0 Å². The molecule has 21 heavy (non-hydrogen) atoms. The Morgan fingerprint density at radius 1 is 1.52 bits per heavy atom. The Balaban J connectivity index is 1.86. The van der Waals surface area contributed by atoms with Crippen molar-refractivity contribution in [2.24, 2.45) is 5.92 Å². The lowest BCUT2D eigenvalue weighted by Gasteiger charge is -2.29. The molecule has 0 saturated carbocycles. The Morgan fingerprint density at radius 2 is 2.33 bits per heavy atom. The normalized spacial score (nSPS) is 19.0. The summed E-state index contributed by atoms with van der Waals surface area (Å²) >= 11 is 0. The number of piperidine rings is 1. The molecule has 1 aliphatic heterocycles. The highest BCUT2D eigenvalue weighted by atomic mass is 16.4. The first kappa shape index (κ1) is 15.2. The second-order valence-corrected chi connectivity index (χ2v) is 5.31. The second-order valence-electron chi connectivity index (χ2n) is 5.31. The zero-order valence-electron chi connectivity index (χ0n) is 12.0. The molecule has 1 atom stereocenters. The summed E-state index contributed by atoms with van der Waals surface area (Å²) in [7, 11) is 2.07. The van der Waals surface area contributed by atoms with Gasteiger partial charge in [0.05, 0.1) is 5.69 Å². The van der Waals surface area contributed by atoms with Crippen LogP contribution >= 0.6 is 0 Å². The highest BCUT2D eigenvalue weighted by Crippen LogP contribution is 2.14. The summed E-state index contributed by atoms with van der Waals surface area (Å²) in [6.07, 6.45) is 3.61. The van der Waals surface area contributed by atoms with Crippen molar-refractivity contribution in [3.63, 3.8) is 0 Å². The minimum absolute atomic E-state index is 0.162. The van der Waals surface area contributed by atoms with Gasteiger partial charge in [0, 0.05) is 19.3 Å². The molecule has 0 radical (unpaired) electrons. The molecular weight excluding hydrogens is 272 g/mol. The van der Waals surface area contributed by atoms with E-state index in [1.807, 2.05) is 0 Å². The van der Waals surface area contributed by atoms with Crippen LogP contribution in [0.1, 0.15) is 23.3 Å². The van der Waals surface area contributed by atoms with Gasteiger partial charge in [-0.1, -0.05) is 0 Å². The van der Waals surface area contributed by atoms with Gasteiger partial charge in [-0.3, -0.25) is 0 Å². The van der Waals surface area contributed by atoms with Crippen LogP contribution in [0.4, 0.5) is 10.5 Å². The van der Waals surface area contributed by atoms with Crippen molar-refractivity contribution in [1.82, 2.24) is 15.2 Å². The Hall–Kier alpha value is -2.15. The number of carbonyl (C=O) groups excluding carboxylic acids is 1. The molecule has 2 rings (SSSR count). The number of hydrogen-bond donors (Lipinski definition) is 3. The predicted octanol–water partition coefficient (Wildman–Crippen LogP) is 1.24. The van der Waals surface area contributed by atoms with E-state index in [1.165, 1.54) is 12.3 Å². The van der Waals surface area contributed by atoms with E-state index in [0.717, 1.165) is 25.9 Å². The fourth-order valence-corrected chi connectivity index (χ4v) is 2.52. The lowest BCUT2D eigenvalue weighted by Crippen LogP contribution is -2.40. The van der Waals surface area contributed by atoms with Crippen LogP contribution in [-0.4, -0.2) is 53.7 Å². The molecule has 7 heteroatoms. The number of carboxylic acid groups (broad SMARTS) is 1. The van der Waals surface area contributed by atoms with Crippen LogP contribution in [0.2, 0.25) is 0 Å². The number of rotatable bonds is 4. The van der Waals surface area contributed by atoms with Gasteiger partial charge in [-0.25, -0.2) is 14.6 Å². The molecular formula is C14H20N4O3. The number of carbonyl (C=O) groups is 2. The number of aromatic carboxylic acids is 1. The number of anilines is 1. The fraction of sp³-hybridized carbons (Fsp3) is 0.500. The molecule has 1 saturated heterocycles. The lowest BCUT2D eigenvalue weighted by molar-refractivity contribution is 0.0691. The Labute approximate surface area is 123 Å². The predicted molar refractivity (Wildman–Crippen MR) is 78.4 cm³/mol. The molecule has 0 aliphatic carbocycles. The van der Waals surface area contributed by atoms with Gasteiger partial charge in [0.1, 0.15) is 0 Å². The summed E-state index contributed by atoms with van der Waals surface area (Å²) in [6.45, 7) is 2.65. The van der Waals surface area contributed by atoms with Crippen LogP contribution in [0.3, 0.4) is 0 Å². The minimum atomic E-state index is -1.17. The molecule has 3 N–H and O–H groups in total. The maximum Gasteiger partial charge on any atom is 0.356 e. The molecule has 1 aromatic heterocycles. The van der Waals surface area contributed by atoms with Gasteiger partial charge in [0.15, 0.2) is 5.69 Å². The number of nitrogens with one attached hydrogen (secondary N) is 2. The van der Waals surface area contributed by atoms with Gasteiger partial charge in [0.2, 0.25) is 0 Å². The van der Waals surface area contributed by atoms with Gasteiger partial charge in [-0.05, 0) is 44.5 Å². The smallest absolute Gasteiger partial charge is 0.356 e. The molecule has 1 fully saturated rings. The Kier molecular flexibility index (Phi) is 5.10. The van der Waals surface area contributed by atoms with Crippen LogP contribution in [0.25, 0.3) is 0 Å². The Morgan fingerprint density at radius 3 is 3.05 bits per heavy atom. The SMILES string of the molecule is CN1CCCC(CNC(=O)Nc2cccnc2C(=O)O)C1. The summed E-state index contributed by atoms with van der Waals surface area (Å²) in [5, 5.41) is 14.3.